The molecular weight excluding hydrogens is 274 g/mol. The summed E-state index contributed by atoms with van der Waals surface area (Å²) in [7, 11) is 0. The largest absolute Gasteiger partial charge is 0.370 e. The summed E-state index contributed by atoms with van der Waals surface area (Å²) in [5.41, 5.74) is 0.543. The van der Waals surface area contributed by atoms with Crippen molar-refractivity contribution in [3.8, 4) is 0 Å². The molecular formula is C15H22ClN3O. The van der Waals surface area contributed by atoms with E-state index >= 15 is 0 Å². The van der Waals surface area contributed by atoms with E-state index in [4.69, 9.17) is 11.6 Å². The number of halogens is 1. The highest BCUT2D eigenvalue weighted by atomic mass is 35.5. The van der Waals surface area contributed by atoms with Crippen molar-refractivity contribution in [1.82, 2.24) is 9.88 Å². The van der Waals surface area contributed by atoms with Crippen LogP contribution in [0.15, 0.2) is 12.3 Å². The lowest BCUT2D eigenvalue weighted by molar-refractivity contribution is 0.0744. The Kier molecular flexibility index (Phi) is 4.86. The van der Waals surface area contributed by atoms with Gasteiger partial charge in [-0.25, -0.2) is 4.98 Å². The van der Waals surface area contributed by atoms with E-state index in [-0.39, 0.29) is 11.9 Å². The van der Waals surface area contributed by atoms with Crippen LogP contribution in [-0.2, 0) is 0 Å². The summed E-state index contributed by atoms with van der Waals surface area (Å²) in [4.78, 5) is 18.8. The number of rotatable bonds is 4. The first-order valence-corrected chi connectivity index (χ1v) is 7.61. The highest BCUT2D eigenvalue weighted by Gasteiger charge is 2.31. The van der Waals surface area contributed by atoms with Crippen LogP contribution in [0.4, 0.5) is 5.82 Å². The van der Waals surface area contributed by atoms with Crippen LogP contribution < -0.4 is 5.32 Å². The maximum Gasteiger partial charge on any atom is 0.255 e. The fraction of sp³-hybridized carbons (Fsp3) is 0.600. The molecule has 2 heterocycles. The van der Waals surface area contributed by atoms with E-state index < -0.39 is 0 Å². The lowest BCUT2D eigenvalue weighted by Gasteiger charge is -2.22. The van der Waals surface area contributed by atoms with Gasteiger partial charge in [-0.3, -0.25) is 4.79 Å². The second kappa shape index (κ2) is 6.44. The first kappa shape index (κ1) is 15.1. The smallest absolute Gasteiger partial charge is 0.255 e. The fourth-order valence-electron chi connectivity index (χ4n) is 2.69. The lowest BCUT2D eigenvalue weighted by atomic mass is 10.1. The Morgan fingerprint density at radius 3 is 2.90 bits per heavy atom. The minimum atomic E-state index is 0.00815. The monoisotopic (exact) mass is 295 g/mol. The van der Waals surface area contributed by atoms with Crippen LogP contribution >= 0.6 is 11.6 Å². The van der Waals surface area contributed by atoms with Crippen LogP contribution in [0.1, 0.15) is 44.0 Å². The molecule has 1 N–H and O–H groups in total. The summed E-state index contributed by atoms with van der Waals surface area (Å²) in [6.07, 6.45) is 3.61. The summed E-state index contributed by atoms with van der Waals surface area (Å²) in [6, 6.07) is 2.03. The minimum Gasteiger partial charge on any atom is -0.370 e. The van der Waals surface area contributed by atoms with Gasteiger partial charge in [-0.15, -0.1) is 0 Å². The van der Waals surface area contributed by atoms with E-state index in [0.717, 1.165) is 25.9 Å². The van der Waals surface area contributed by atoms with E-state index in [1.165, 1.54) is 0 Å². The van der Waals surface area contributed by atoms with Crippen molar-refractivity contribution in [2.75, 3.05) is 18.4 Å². The maximum absolute atomic E-state index is 12.6. The van der Waals surface area contributed by atoms with Crippen LogP contribution in [-0.4, -0.2) is 34.9 Å². The lowest BCUT2D eigenvalue weighted by Crippen LogP contribution is -2.34. The average molecular weight is 296 g/mol. The highest BCUT2D eigenvalue weighted by Crippen LogP contribution is 2.27. The third-order valence-electron chi connectivity index (χ3n) is 3.69. The van der Waals surface area contributed by atoms with Crippen LogP contribution in [0.2, 0.25) is 5.02 Å². The molecule has 2 atom stereocenters. The van der Waals surface area contributed by atoms with E-state index in [1.54, 1.807) is 12.3 Å². The Morgan fingerprint density at radius 1 is 1.55 bits per heavy atom. The van der Waals surface area contributed by atoms with Crippen molar-refractivity contribution in [2.45, 2.75) is 39.7 Å². The Hall–Kier alpha value is -1.29. The molecule has 2 unspecified atom stereocenters. The van der Waals surface area contributed by atoms with Crippen LogP contribution in [0.25, 0.3) is 0 Å². The van der Waals surface area contributed by atoms with Gasteiger partial charge in [0.1, 0.15) is 5.82 Å². The minimum absolute atomic E-state index is 0.00815. The first-order valence-electron chi connectivity index (χ1n) is 7.23. The Bertz CT molecular complexity index is 492. The molecule has 4 nitrogen and oxygen atoms in total. The normalized spacial score (nSPS) is 22.1. The molecule has 110 valence electrons. The molecule has 20 heavy (non-hydrogen) atoms. The van der Waals surface area contributed by atoms with Gasteiger partial charge in [0.15, 0.2) is 0 Å². The number of aromatic nitrogens is 1. The zero-order valence-electron chi connectivity index (χ0n) is 12.3. The van der Waals surface area contributed by atoms with Gasteiger partial charge in [0.05, 0.1) is 10.6 Å². The third-order valence-corrected chi connectivity index (χ3v) is 3.99. The summed E-state index contributed by atoms with van der Waals surface area (Å²) < 4.78 is 0. The summed E-state index contributed by atoms with van der Waals surface area (Å²) in [5, 5.41) is 3.61. The zero-order valence-corrected chi connectivity index (χ0v) is 13.1. The Morgan fingerprint density at radius 2 is 2.30 bits per heavy atom. The molecule has 0 aromatic carbocycles. The first-order chi connectivity index (χ1) is 9.52. The molecule has 0 aliphatic carbocycles. The van der Waals surface area contributed by atoms with E-state index in [1.807, 2.05) is 4.90 Å². The van der Waals surface area contributed by atoms with Crippen molar-refractivity contribution < 1.29 is 4.79 Å². The predicted molar refractivity (Wildman–Crippen MR) is 82.3 cm³/mol. The number of pyridine rings is 1. The molecule has 1 fully saturated rings. The number of hydrogen-bond donors (Lipinski definition) is 1. The molecule has 0 radical (unpaired) electrons. The quantitative estimate of drug-likeness (QED) is 0.925. The van der Waals surface area contributed by atoms with Crippen molar-refractivity contribution >= 4 is 23.3 Å². The highest BCUT2D eigenvalue weighted by molar-refractivity contribution is 6.33. The molecule has 0 spiro atoms. The SMILES string of the molecule is CCCNc1cc(C(=O)N2CC(C)CC2C)c(Cl)cn1. The molecule has 1 aromatic rings. The topological polar surface area (TPSA) is 45.2 Å². The van der Waals surface area contributed by atoms with Crippen molar-refractivity contribution in [3.63, 3.8) is 0 Å². The number of likely N-dealkylation sites (tertiary alicyclic amines) is 1. The van der Waals surface area contributed by atoms with Gasteiger partial charge in [0, 0.05) is 25.3 Å². The third kappa shape index (κ3) is 3.23. The molecule has 5 heteroatoms. The van der Waals surface area contributed by atoms with E-state index in [0.29, 0.717) is 22.3 Å². The van der Waals surface area contributed by atoms with Gasteiger partial charge in [0.2, 0.25) is 0 Å². The van der Waals surface area contributed by atoms with E-state index in [2.05, 4.69) is 31.1 Å². The molecule has 0 saturated carbocycles. The number of carbonyl (C=O) groups is 1. The van der Waals surface area contributed by atoms with Gasteiger partial charge < -0.3 is 10.2 Å². The van der Waals surface area contributed by atoms with Crippen molar-refractivity contribution in [3.05, 3.63) is 22.8 Å². The second-order valence-corrected chi connectivity index (χ2v) is 6.03. The standard InChI is InChI=1S/C15H22ClN3O/c1-4-5-17-14-7-12(13(16)8-18-14)15(20)19-9-10(2)6-11(19)3/h7-8,10-11H,4-6,9H2,1-3H3,(H,17,18). The Labute approximate surface area is 125 Å². The summed E-state index contributed by atoms with van der Waals surface area (Å²) >= 11 is 6.15. The maximum atomic E-state index is 12.6. The number of hydrogen-bond acceptors (Lipinski definition) is 3. The average Bonchev–Trinajstić information content (AvgIpc) is 2.76. The number of nitrogens with one attached hydrogen (secondary N) is 1. The van der Waals surface area contributed by atoms with Crippen molar-refractivity contribution in [2.24, 2.45) is 5.92 Å². The molecule has 0 bridgehead atoms. The van der Waals surface area contributed by atoms with Gasteiger partial charge in [-0.2, -0.15) is 0 Å². The van der Waals surface area contributed by atoms with Crippen LogP contribution in [0, 0.1) is 5.92 Å². The molecule has 1 aliphatic heterocycles. The van der Waals surface area contributed by atoms with Crippen molar-refractivity contribution in [1.29, 1.82) is 0 Å². The number of anilines is 1. The van der Waals surface area contributed by atoms with Crippen LogP contribution in [0.5, 0.6) is 0 Å². The van der Waals surface area contributed by atoms with E-state index in [9.17, 15) is 4.79 Å². The summed E-state index contributed by atoms with van der Waals surface area (Å²) in [5.74, 6) is 1.26. The molecule has 2 rings (SSSR count). The molecule has 1 aromatic heterocycles. The molecule has 1 aliphatic rings. The molecule has 1 amide bonds. The summed E-state index contributed by atoms with van der Waals surface area (Å²) in [6.45, 7) is 7.98. The number of nitrogens with zero attached hydrogens (tertiary/aromatic N) is 2. The number of carbonyl (C=O) groups excluding carboxylic acids is 1. The number of amides is 1. The Balaban J connectivity index is 2.20. The van der Waals surface area contributed by atoms with Crippen LogP contribution in [0.3, 0.4) is 0 Å². The van der Waals surface area contributed by atoms with Gasteiger partial charge in [-0.05, 0) is 31.7 Å². The fourth-order valence-corrected chi connectivity index (χ4v) is 2.87. The van der Waals surface area contributed by atoms with Gasteiger partial charge in [-0.1, -0.05) is 25.4 Å². The zero-order chi connectivity index (χ0) is 14.7. The predicted octanol–water partition coefficient (Wildman–Crippen LogP) is 3.43. The second-order valence-electron chi connectivity index (χ2n) is 5.62. The molecule has 1 saturated heterocycles. The van der Waals surface area contributed by atoms with Gasteiger partial charge >= 0.3 is 0 Å². The van der Waals surface area contributed by atoms with Gasteiger partial charge in [0.25, 0.3) is 5.91 Å².